The van der Waals surface area contributed by atoms with Gasteiger partial charge in [0.05, 0.1) is 27.2 Å². The molecule has 0 aromatic carbocycles. The molecule has 6 heteroatoms. The van der Waals surface area contributed by atoms with Crippen LogP contribution in [0, 0.1) is 0 Å². The number of nitrogens with zero attached hydrogens (tertiary/aromatic N) is 1. The van der Waals surface area contributed by atoms with Crippen LogP contribution in [0.4, 0.5) is 0 Å². The first-order valence-electron chi connectivity index (χ1n) is 12.9. The van der Waals surface area contributed by atoms with Gasteiger partial charge in [-0.25, -0.2) is 0 Å². The summed E-state index contributed by atoms with van der Waals surface area (Å²) < 4.78 is 0.645. The lowest BCUT2D eigenvalue weighted by Gasteiger charge is -2.31. The molecule has 1 atom stereocenters. The van der Waals surface area contributed by atoms with E-state index in [-0.39, 0.29) is 24.9 Å². The van der Waals surface area contributed by atoms with Crippen LogP contribution in [0.1, 0.15) is 103 Å². The zero-order valence-corrected chi connectivity index (χ0v) is 22.1. The molecule has 0 spiro atoms. The van der Waals surface area contributed by atoms with E-state index < -0.39 is 6.10 Å². The van der Waals surface area contributed by atoms with Crippen LogP contribution in [0.3, 0.4) is 0 Å². The molecule has 0 aliphatic rings. The van der Waals surface area contributed by atoms with Gasteiger partial charge in [0.1, 0.15) is 12.6 Å². The van der Waals surface area contributed by atoms with Gasteiger partial charge in [-0.2, -0.15) is 0 Å². The highest BCUT2D eigenvalue weighted by molar-refractivity contribution is 5.75. The molecule has 0 heterocycles. The molecule has 5 nitrogen and oxygen atoms in total. The Bertz CT molecular complexity index is 445. The van der Waals surface area contributed by atoms with Crippen LogP contribution >= 0.6 is 0 Å². The molecule has 0 radical (unpaired) electrons. The number of unbranched alkanes of at least 4 members (excludes halogenated alkanes) is 11. The minimum absolute atomic E-state index is 0. The summed E-state index contributed by atoms with van der Waals surface area (Å²) in [6.45, 7) is 4.14. The van der Waals surface area contributed by atoms with Gasteiger partial charge in [-0.1, -0.05) is 70.4 Å². The van der Waals surface area contributed by atoms with E-state index in [4.69, 9.17) is 5.11 Å². The minimum Gasteiger partial charge on any atom is -1.00 e. The number of rotatable bonds is 22. The van der Waals surface area contributed by atoms with Crippen molar-refractivity contribution in [1.82, 2.24) is 5.32 Å². The number of nitrogens with one attached hydrogen (secondary N) is 1. The molecule has 0 aliphatic heterocycles. The van der Waals surface area contributed by atoms with Crippen LogP contribution in [0.25, 0.3) is 0 Å². The molecule has 1 unspecified atom stereocenters. The van der Waals surface area contributed by atoms with E-state index in [0.717, 1.165) is 25.8 Å². The number of amides is 1. The Hall–Kier alpha value is -0.620. The fourth-order valence-electron chi connectivity index (χ4n) is 3.90. The topological polar surface area (TPSA) is 69.6 Å². The maximum Gasteiger partial charge on any atom is 0.219 e. The number of aliphatic hydroxyl groups is 2. The molecule has 3 N–H and O–H groups in total. The zero-order chi connectivity index (χ0) is 23.2. The highest BCUT2D eigenvalue weighted by Crippen LogP contribution is 2.10. The van der Waals surface area contributed by atoms with Crippen molar-refractivity contribution in [3.63, 3.8) is 0 Å². The Kier molecular flexibility index (Phi) is 24.7. The van der Waals surface area contributed by atoms with Crippen molar-refractivity contribution in [2.45, 2.75) is 109 Å². The Morgan fingerprint density at radius 2 is 1.41 bits per heavy atom. The second kappa shape index (κ2) is 23.5. The number of allylic oxidation sites excluding steroid dienone is 2. The number of halogens is 1. The molecular weight excluding hydrogens is 424 g/mol. The van der Waals surface area contributed by atoms with Crippen molar-refractivity contribution in [3.8, 4) is 0 Å². The predicted molar refractivity (Wildman–Crippen MR) is 132 cm³/mol. The van der Waals surface area contributed by atoms with Crippen LogP contribution in [0.5, 0.6) is 0 Å². The molecule has 32 heavy (non-hydrogen) atoms. The van der Waals surface area contributed by atoms with Gasteiger partial charge in [-0.05, 0) is 32.1 Å². The van der Waals surface area contributed by atoms with Gasteiger partial charge in [0.15, 0.2) is 0 Å². The Morgan fingerprint density at radius 3 is 1.97 bits per heavy atom. The standard InChI is InChI=1S/C26H52N2O3.ClH/c1-4-5-6-7-8-9-10-11-12-13-14-15-16-17-18-20-26(31)27-21-19-22-28(2,3)23-25(30)24-29;/h11-12,25,29-30H,4-10,13-24H2,1-3H3;1H/b12-11-;. The van der Waals surface area contributed by atoms with E-state index in [0.29, 0.717) is 24.0 Å². The third-order valence-corrected chi connectivity index (χ3v) is 5.84. The highest BCUT2D eigenvalue weighted by atomic mass is 35.5. The number of hydrogen-bond acceptors (Lipinski definition) is 3. The maximum absolute atomic E-state index is 11.9. The summed E-state index contributed by atoms with van der Waals surface area (Å²) in [7, 11) is 4.07. The fraction of sp³-hybridized carbons (Fsp3) is 0.885. The molecule has 0 aliphatic carbocycles. The summed E-state index contributed by atoms with van der Waals surface area (Å²) in [6, 6.07) is 0. The van der Waals surface area contributed by atoms with E-state index >= 15 is 0 Å². The molecule has 0 saturated heterocycles. The lowest BCUT2D eigenvalue weighted by atomic mass is 10.1. The SMILES string of the molecule is CCCCCCCC/C=C\CCCCCCCC(=O)NCCC[N+](C)(C)CC(O)CO.[Cl-]. The third kappa shape index (κ3) is 24.0. The van der Waals surface area contributed by atoms with Gasteiger partial charge >= 0.3 is 0 Å². The minimum atomic E-state index is -0.675. The number of carbonyl (C=O) groups is 1. The average molecular weight is 477 g/mol. The summed E-state index contributed by atoms with van der Waals surface area (Å²) in [6.07, 6.45) is 22.1. The quantitative estimate of drug-likeness (QED) is 0.127. The molecule has 1 amide bonds. The monoisotopic (exact) mass is 476 g/mol. The predicted octanol–water partition coefficient (Wildman–Crippen LogP) is 1.96. The fourth-order valence-corrected chi connectivity index (χ4v) is 3.90. The molecular formula is C26H53ClN2O3. The normalized spacial score (nSPS) is 12.7. The Balaban J connectivity index is 0. The average Bonchev–Trinajstić information content (AvgIpc) is 2.73. The zero-order valence-electron chi connectivity index (χ0n) is 21.3. The Labute approximate surface area is 205 Å². The van der Waals surface area contributed by atoms with Crippen LogP contribution in [-0.4, -0.2) is 67.0 Å². The van der Waals surface area contributed by atoms with Crippen molar-refractivity contribution in [3.05, 3.63) is 12.2 Å². The molecule has 0 aromatic heterocycles. The van der Waals surface area contributed by atoms with Crippen molar-refractivity contribution < 1.29 is 31.9 Å². The van der Waals surface area contributed by atoms with Gasteiger partial charge < -0.3 is 32.4 Å². The van der Waals surface area contributed by atoms with E-state index in [2.05, 4.69) is 24.4 Å². The summed E-state index contributed by atoms with van der Waals surface area (Å²) >= 11 is 0. The van der Waals surface area contributed by atoms with Crippen LogP contribution < -0.4 is 17.7 Å². The first-order valence-corrected chi connectivity index (χ1v) is 12.9. The van der Waals surface area contributed by atoms with Gasteiger partial charge in [0.25, 0.3) is 0 Å². The smallest absolute Gasteiger partial charge is 0.219 e. The second-order valence-electron chi connectivity index (χ2n) is 9.72. The first-order chi connectivity index (χ1) is 14.9. The highest BCUT2D eigenvalue weighted by Gasteiger charge is 2.19. The van der Waals surface area contributed by atoms with Gasteiger partial charge in [-0.3, -0.25) is 4.79 Å². The molecule has 0 rings (SSSR count). The number of hydrogen-bond donors (Lipinski definition) is 3. The number of quaternary nitrogens is 1. The first kappa shape index (κ1) is 33.6. The van der Waals surface area contributed by atoms with Gasteiger partial charge in [0, 0.05) is 19.4 Å². The van der Waals surface area contributed by atoms with Crippen molar-refractivity contribution in [1.29, 1.82) is 0 Å². The molecule has 192 valence electrons. The Morgan fingerprint density at radius 1 is 0.875 bits per heavy atom. The molecule has 0 aromatic rings. The summed E-state index contributed by atoms with van der Waals surface area (Å²) in [5.74, 6) is 0.151. The number of likely N-dealkylation sites (N-methyl/N-ethyl adjacent to an activating group) is 1. The number of carbonyl (C=O) groups excluding carboxylic acids is 1. The largest absolute Gasteiger partial charge is 1.00 e. The van der Waals surface area contributed by atoms with E-state index in [1.165, 1.54) is 70.6 Å². The molecule has 0 bridgehead atoms. The van der Waals surface area contributed by atoms with Gasteiger partial charge in [-0.15, -0.1) is 0 Å². The molecule has 0 fully saturated rings. The second-order valence-corrected chi connectivity index (χ2v) is 9.72. The van der Waals surface area contributed by atoms with Crippen molar-refractivity contribution in [2.75, 3.05) is 40.3 Å². The summed E-state index contributed by atoms with van der Waals surface area (Å²) in [5, 5.41) is 21.5. The molecule has 0 saturated carbocycles. The third-order valence-electron chi connectivity index (χ3n) is 5.84. The van der Waals surface area contributed by atoms with E-state index in [1.54, 1.807) is 0 Å². The van der Waals surface area contributed by atoms with E-state index in [9.17, 15) is 9.90 Å². The van der Waals surface area contributed by atoms with Crippen molar-refractivity contribution in [2.24, 2.45) is 0 Å². The lowest BCUT2D eigenvalue weighted by molar-refractivity contribution is -0.893. The van der Waals surface area contributed by atoms with Gasteiger partial charge in [0.2, 0.25) is 5.91 Å². The number of aliphatic hydroxyl groups excluding tert-OH is 2. The lowest BCUT2D eigenvalue weighted by Crippen LogP contribution is -3.00. The summed E-state index contributed by atoms with van der Waals surface area (Å²) in [4.78, 5) is 11.9. The van der Waals surface area contributed by atoms with Crippen LogP contribution in [0.2, 0.25) is 0 Å². The van der Waals surface area contributed by atoms with E-state index in [1.807, 2.05) is 14.1 Å². The van der Waals surface area contributed by atoms with Crippen molar-refractivity contribution >= 4 is 5.91 Å². The summed E-state index contributed by atoms with van der Waals surface area (Å²) in [5.41, 5.74) is 0. The van der Waals surface area contributed by atoms with Crippen LogP contribution in [-0.2, 0) is 4.79 Å². The van der Waals surface area contributed by atoms with Crippen LogP contribution in [0.15, 0.2) is 12.2 Å². The maximum atomic E-state index is 11.9.